The van der Waals surface area contributed by atoms with E-state index < -0.39 is 0 Å². The zero-order chi connectivity index (χ0) is 13.3. The number of carbonyl (C=O) groups excluding carboxylic acids is 1. The van der Waals surface area contributed by atoms with Gasteiger partial charge in [-0.3, -0.25) is 4.79 Å². The molecule has 0 bridgehead atoms. The van der Waals surface area contributed by atoms with Crippen LogP contribution in [0, 0.1) is 13.8 Å². The van der Waals surface area contributed by atoms with Crippen molar-refractivity contribution < 1.29 is 4.79 Å². The van der Waals surface area contributed by atoms with Gasteiger partial charge in [-0.2, -0.15) is 0 Å². The number of rotatable bonds is 2. The van der Waals surface area contributed by atoms with Crippen LogP contribution in [-0.2, 0) is 0 Å². The van der Waals surface area contributed by atoms with Crippen LogP contribution < -0.4 is 5.32 Å². The molecule has 0 aromatic carbocycles. The van der Waals surface area contributed by atoms with E-state index in [1.54, 1.807) is 12.3 Å². The van der Waals surface area contributed by atoms with E-state index in [1.807, 2.05) is 19.2 Å². The first-order chi connectivity index (χ1) is 8.49. The molecule has 1 N–H and O–H groups in total. The molecule has 2 heterocycles. The molecule has 0 fully saturated rings. The van der Waals surface area contributed by atoms with Gasteiger partial charge in [-0.15, -0.1) is 11.3 Å². The number of halogens is 2. The predicted octanol–water partition coefficient (Wildman–Crippen LogP) is 4.43. The van der Waals surface area contributed by atoms with Crippen molar-refractivity contribution in [3.8, 4) is 0 Å². The molecule has 0 saturated heterocycles. The number of nitrogens with zero attached hydrogens (tertiary/aromatic N) is 1. The third-order valence-electron chi connectivity index (χ3n) is 2.39. The fraction of sp³-hybridized carbons (Fsp3) is 0.167. The largest absolute Gasteiger partial charge is 0.306 e. The van der Waals surface area contributed by atoms with Crippen molar-refractivity contribution >= 4 is 50.6 Å². The number of aromatic nitrogens is 1. The number of anilines is 1. The summed E-state index contributed by atoms with van der Waals surface area (Å²) in [7, 11) is 0. The summed E-state index contributed by atoms with van der Waals surface area (Å²) in [5.74, 6) is 0.287. The number of pyridine rings is 1. The summed E-state index contributed by atoms with van der Waals surface area (Å²) in [6.45, 7) is 3.81. The van der Waals surface area contributed by atoms with Gasteiger partial charge in [0.15, 0.2) is 0 Å². The molecule has 0 aliphatic carbocycles. The Labute approximate surface area is 122 Å². The molecule has 0 radical (unpaired) electrons. The van der Waals surface area contributed by atoms with Crippen molar-refractivity contribution in [2.45, 2.75) is 13.8 Å². The van der Waals surface area contributed by atoms with E-state index in [0.29, 0.717) is 15.7 Å². The van der Waals surface area contributed by atoms with Crippen molar-refractivity contribution in [1.29, 1.82) is 0 Å². The molecule has 1 amide bonds. The minimum atomic E-state index is -0.229. The van der Waals surface area contributed by atoms with Gasteiger partial charge in [0.25, 0.3) is 5.91 Å². The summed E-state index contributed by atoms with van der Waals surface area (Å²) in [5.41, 5.74) is 1.92. The topological polar surface area (TPSA) is 42.0 Å². The zero-order valence-electron chi connectivity index (χ0n) is 9.75. The van der Waals surface area contributed by atoms with E-state index in [4.69, 9.17) is 11.6 Å². The second-order valence-corrected chi connectivity index (χ2v) is 5.95. The fourth-order valence-corrected chi connectivity index (χ4v) is 2.75. The maximum absolute atomic E-state index is 12.0. The van der Waals surface area contributed by atoms with Gasteiger partial charge in [0.2, 0.25) is 0 Å². The lowest BCUT2D eigenvalue weighted by molar-refractivity contribution is 0.103. The molecule has 0 saturated carbocycles. The maximum Gasteiger partial charge on any atom is 0.268 e. The normalized spacial score (nSPS) is 10.4. The highest BCUT2D eigenvalue weighted by Crippen LogP contribution is 2.28. The minimum Gasteiger partial charge on any atom is -0.306 e. The molecule has 3 nitrogen and oxygen atoms in total. The third-order valence-corrected chi connectivity index (χ3v) is 4.92. The van der Waals surface area contributed by atoms with Gasteiger partial charge in [-0.05, 0) is 52.4 Å². The number of thiophene rings is 1. The Morgan fingerprint density at radius 3 is 2.72 bits per heavy atom. The number of aryl methyl sites for hydroxylation is 2. The smallest absolute Gasteiger partial charge is 0.268 e. The molecule has 2 aromatic rings. The number of hydrogen-bond acceptors (Lipinski definition) is 3. The minimum absolute atomic E-state index is 0.229. The van der Waals surface area contributed by atoms with Crippen molar-refractivity contribution in [3.63, 3.8) is 0 Å². The van der Waals surface area contributed by atoms with E-state index in [1.165, 1.54) is 11.3 Å². The number of carbonyl (C=O) groups is 1. The molecule has 0 unspecified atom stereocenters. The van der Waals surface area contributed by atoms with Crippen molar-refractivity contribution in [1.82, 2.24) is 4.98 Å². The lowest BCUT2D eigenvalue weighted by atomic mass is 10.3. The van der Waals surface area contributed by atoms with Crippen LogP contribution in [0.1, 0.15) is 20.8 Å². The van der Waals surface area contributed by atoms with Gasteiger partial charge in [0.1, 0.15) is 10.7 Å². The highest BCUT2D eigenvalue weighted by Gasteiger charge is 2.15. The summed E-state index contributed by atoms with van der Waals surface area (Å²) < 4.78 is 0.908. The summed E-state index contributed by atoms with van der Waals surface area (Å²) in [6, 6.07) is 1.80. The van der Waals surface area contributed by atoms with Crippen LogP contribution in [0.4, 0.5) is 5.82 Å². The van der Waals surface area contributed by atoms with Crippen LogP contribution in [0.25, 0.3) is 0 Å². The summed E-state index contributed by atoms with van der Waals surface area (Å²) in [6.07, 6.45) is 1.66. The lowest BCUT2D eigenvalue weighted by Crippen LogP contribution is -2.12. The van der Waals surface area contributed by atoms with E-state index >= 15 is 0 Å². The maximum atomic E-state index is 12.0. The standard InChI is InChI=1S/C12H10BrClN2OS/c1-6-3-9(15-4-8(6)13)16-12(17)11-10(14)7(2)5-18-11/h3-5H,1-2H3,(H,15,16,17). The number of amides is 1. The molecule has 2 rings (SSSR count). The van der Waals surface area contributed by atoms with Gasteiger partial charge in [-0.25, -0.2) is 4.98 Å². The first-order valence-corrected chi connectivity index (χ1v) is 7.21. The Morgan fingerprint density at radius 2 is 2.17 bits per heavy atom. The SMILES string of the molecule is Cc1cc(NC(=O)c2scc(C)c2Cl)ncc1Br. The predicted molar refractivity (Wildman–Crippen MR) is 78.7 cm³/mol. The molecule has 18 heavy (non-hydrogen) atoms. The van der Waals surface area contributed by atoms with E-state index in [0.717, 1.165) is 15.6 Å². The van der Waals surface area contributed by atoms with Crippen molar-refractivity contribution in [3.05, 3.63) is 43.1 Å². The average Bonchev–Trinajstić information content (AvgIpc) is 2.65. The van der Waals surface area contributed by atoms with E-state index in [9.17, 15) is 4.79 Å². The first kappa shape index (κ1) is 13.5. The van der Waals surface area contributed by atoms with Crippen LogP contribution >= 0.6 is 38.9 Å². The van der Waals surface area contributed by atoms with Crippen LogP contribution in [0.2, 0.25) is 5.02 Å². The van der Waals surface area contributed by atoms with Gasteiger partial charge < -0.3 is 5.32 Å². The lowest BCUT2D eigenvalue weighted by Gasteiger charge is -2.05. The summed E-state index contributed by atoms with van der Waals surface area (Å²) in [5, 5.41) is 5.10. The fourth-order valence-electron chi connectivity index (χ4n) is 1.36. The third kappa shape index (κ3) is 2.74. The second-order valence-electron chi connectivity index (χ2n) is 3.83. The Balaban J connectivity index is 2.21. The molecular formula is C12H10BrClN2OS. The Morgan fingerprint density at radius 1 is 1.44 bits per heavy atom. The van der Waals surface area contributed by atoms with E-state index in [2.05, 4.69) is 26.2 Å². The summed E-state index contributed by atoms with van der Waals surface area (Å²) in [4.78, 5) is 16.6. The Hall–Kier alpha value is -0.910. The molecular weight excluding hydrogens is 336 g/mol. The molecule has 0 atom stereocenters. The van der Waals surface area contributed by atoms with Gasteiger partial charge in [0.05, 0.1) is 5.02 Å². The number of nitrogens with one attached hydrogen (secondary N) is 1. The second kappa shape index (κ2) is 5.38. The van der Waals surface area contributed by atoms with Gasteiger partial charge in [0, 0.05) is 10.7 Å². The average molecular weight is 346 g/mol. The quantitative estimate of drug-likeness (QED) is 0.875. The zero-order valence-corrected chi connectivity index (χ0v) is 12.9. The Kier molecular flexibility index (Phi) is 4.04. The van der Waals surface area contributed by atoms with Crippen molar-refractivity contribution in [2.24, 2.45) is 0 Å². The number of hydrogen-bond donors (Lipinski definition) is 1. The highest BCUT2D eigenvalue weighted by atomic mass is 79.9. The molecule has 0 aliphatic heterocycles. The highest BCUT2D eigenvalue weighted by molar-refractivity contribution is 9.10. The molecule has 6 heteroatoms. The Bertz CT molecular complexity index is 612. The van der Waals surface area contributed by atoms with Crippen LogP contribution in [0.15, 0.2) is 22.1 Å². The molecule has 0 aliphatic rings. The van der Waals surface area contributed by atoms with Crippen LogP contribution in [0.3, 0.4) is 0 Å². The van der Waals surface area contributed by atoms with Crippen LogP contribution in [0.5, 0.6) is 0 Å². The van der Waals surface area contributed by atoms with Crippen LogP contribution in [-0.4, -0.2) is 10.9 Å². The molecule has 0 spiro atoms. The monoisotopic (exact) mass is 344 g/mol. The molecule has 94 valence electrons. The van der Waals surface area contributed by atoms with Gasteiger partial charge >= 0.3 is 0 Å². The van der Waals surface area contributed by atoms with Crippen molar-refractivity contribution in [2.75, 3.05) is 5.32 Å². The van der Waals surface area contributed by atoms with Gasteiger partial charge in [-0.1, -0.05) is 11.6 Å². The van der Waals surface area contributed by atoms with E-state index in [-0.39, 0.29) is 5.91 Å². The first-order valence-electron chi connectivity index (χ1n) is 5.16. The summed E-state index contributed by atoms with van der Waals surface area (Å²) >= 11 is 10.7. The molecule has 2 aromatic heterocycles.